The Morgan fingerprint density at radius 3 is 1.87 bits per heavy atom. The first-order valence-corrected chi connectivity index (χ1v) is 6.78. The molecule has 0 bridgehead atoms. The molecule has 0 amide bonds. The van der Waals surface area contributed by atoms with Crippen LogP contribution >= 0.6 is 0 Å². The fraction of sp³-hybridized carbons (Fsp3) is 0.786. The van der Waals surface area contributed by atoms with E-state index in [2.05, 4.69) is 0 Å². The van der Waals surface area contributed by atoms with Crippen molar-refractivity contribution in [3.8, 4) is 6.07 Å². The number of carbonyl (C=O) groups excluding carboxylic acids is 2. The molecule has 0 aromatic heterocycles. The maximum absolute atomic E-state index is 11.4. The molecule has 0 rings (SSSR count). The Balaban J connectivity index is 5.61. The summed E-state index contributed by atoms with van der Waals surface area (Å²) in [6.07, 6.45) is -5.94. The van der Waals surface area contributed by atoms with E-state index in [1.165, 1.54) is 28.3 Å². The van der Waals surface area contributed by atoms with Gasteiger partial charge in [0.25, 0.3) is 0 Å². The van der Waals surface area contributed by atoms with Gasteiger partial charge < -0.3 is 28.8 Å². The number of aliphatic hydroxyl groups excluding tert-OH is 1. The molecule has 23 heavy (non-hydrogen) atoms. The van der Waals surface area contributed by atoms with E-state index in [4.69, 9.17) is 28.9 Å². The first-order chi connectivity index (χ1) is 10.8. The average Bonchev–Trinajstić information content (AvgIpc) is 2.47. The summed E-state index contributed by atoms with van der Waals surface area (Å²) < 4.78 is 25.6. The number of carbonyl (C=O) groups is 2. The molecule has 0 aliphatic rings. The number of hydrogen-bond donors (Lipinski definition) is 1. The molecule has 0 saturated carbocycles. The summed E-state index contributed by atoms with van der Waals surface area (Å²) >= 11 is 0. The maximum atomic E-state index is 11.4. The molecule has 5 atom stereocenters. The topological polar surface area (TPSA) is 124 Å². The number of nitrogens with zero attached hydrogens (tertiary/aromatic N) is 1. The van der Waals surface area contributed by atoms with Crippen LogP contribution in [-0.2, 0) is 33.3 Å². The number of rotatable bonds is 10. The second-order valence-corrected chi connectivity index (χ2v) is 4.65. The van der Waals surface area contributed by atoms with Gasteiger partial charge in [0.15, 0.2) is 18.3 Å². The Labute approximate surface area is 135 Å². The molecule has 0 radical (unpaired) electrons. The van der Waals surface area contributed by atoms with E-state index < -0.39 is 42.5 Å². The molecule has 0 saturated heterocycles. The Bertz CT molecular complexity index is 421. The third-order valence-electron chi connectivity index (χ3n) is 2.95. The van der Waals surface area contributed by atoms with E-state index in [1.807, 2.05) is 0 Å². The molecule has 0 aromatic rings. The van der Waals surface area contributed by atoms with Crippen LogP contribution in [0.25, 0.3) is 0 Å². The van der Waals surface area contributed by atoms with Crippen molar-refractivity contribution >= 4 is 11.9 Å². The molecule has 0 spiro atoms. The van der Waals surface area contributed by atoms with Crippen molar-refractivity contribution in [2.24, 2.45) is 0 Å². The highest BCUT2D eigenvalue weighted by atomic mass is 16.6. The molecule has 9 nitrogen and oxygen atoms in total. The standard InChI is InChI=1S/C14H23NO8/c1-8(16)22-11(7-19-3)13(21-5)14(23-9(2)17)12(20-4)10(18)6-15/h10-14,18H,7H2,1-5H3. The fourth-order valence-corrected chi connectivity index (χ4v) is 2.10. The van der Waals surface area contributed by atoms with Gasteiger partial charge in [-0.15, -0.1) is 0 Å². The monoisotopic (exact) mass is 333 g/mol. The summed E-state index contributed by atoms with van der Waals surface area (Å²) in [5.41, 5.74) is 0. The lowest BCUT2D eigenvalue weighted by Gasteiger charge is -2.35. The lowest BCUT2D eigenvalue weighted by molar-refractivity contribution is -0.195. The van der Waals surface area contributed by atoms with Crippen molar-refractivity contribution in [1.29, 1.82) is 5.26 Å². The van der Waals surface area contributed by atoms with Crippen molar-refractivity contribution < 1.29 is 38.4 Å². The van der Waals surface area contributed by atoms with Gasteiger partial charge in [0.1, 0.15) is 12.2 Å². The van der Waals surface area contributed by atoms with Crippen molar-refractivity contribution in [3.63, 3.8) is 0 Å². The first-order valence-electron chi connectivity index (χ1n) is 6.78. The van der Waals surface area contributed by atoms with Gasteiger partial charge in [-0.2, -0.15) is 5.26 Å². The van der Waals surface area contributed by atoms with E-state index in [9.17, 15) is 14.7 Å². The highest BCUT2D eigenvalue weighted by molar-refractivity contribution is 5.67. The molecular weight excluding hydrogens is 310 g/mol. The SMILES string of the molecule is COCC(OC(C)=O)C(OC)C(OC(C)=O)C(OC)C(O)C#N. The predicted octanol–water partition coefficient (Wildman–Crippen LogP) is -0.589. The largest absolute Gasteiger partial charge is 0.457 e. The minimum Gasteiger partial charge on any atom is -0.457 e. The van der Waals surface area contributed by atoms with Crippen LogP contribution in [0.15, 0.2) is 0 Å². The van der Waals surface area contributed by atoms with Crippen LogP contribution in [0.1, 0.15) is 13.8 Å². The smallest absolute Gasteiger partial charge is 0.303 e. The number of nitriles is 1. The van der Waals surface area contributed by atoms with Gasteiger partial charge in [0.05, 0.1) is 12.7 Å². The zero-order chi connectivity index (χ0) is 18.0. The molecule has 132 valence electrons. The van der Waals surface area contributed by atoms with Crippen LogP contribution in [-0.4, -0.2) is 75.5 Å². The highest BCUT2D eigenvalue weighted by Crippen LogP contribution is 2.20. The van der Waals surface area contributed by atoms with Crippen molar-refractivity contribution in [2.45, 2.75) is 44.4 Å². The predicted molar refractivity (Wildman–Crippen MR) is 76.2 cm³/mol. The fourth-order valence-electron chi connectivity index (χ4n) is 2.10. The van der Waals surface area contributed by atoms with E-state index >= 15 is 0 Å². The zero-order valence-corrected chi connectivity index (χ0v) is 13.8. The highest BCUT2D eigenvalue weighted by Gasteiger charge is 2.42. The zero-order valence-electron chi connectivity index (χ0n) is 13.8. The van der Waals surface area contributed by atoms with Crippen LogP contribution in [0, 0.1) is 11.3 Å². The van der Waals surface area contributed by atoms with Gasteiger partial charge in [-0.3, -0.25) is 9.59 Å². The quantitative estimate of drug-likeness (QED) is 0.412. The van der Waals surface area contributed by atoms with Crippen molar-refractivity contribution in [1.82, 2.24) is 0 Å². The van der Waals surface area contributed by atoms with Crippen molar-refractivity contribution in [2.75, 3.05) is 27.9 Å². The lowest BCUT2D eigenvalue weighted by Crippen LogP contribution is -2.54. The molecule has 5 unspecified atom stereocenters. The normalized spacial score (nSPS) is 17.3. The molecule has 0 heterocycles. The average molecular weight is 333 g/mol. The van der Waals surface area contributed by atoms with Gasteiger partial charge in [-0.05, 0) is 0 Å². The Kier molecular flexibility index (Phi) is 10.1. The van der Waals surface area contributed by atoms with E-state index in [1.54, 1.807) is 6.07 Å². The summed E-state index contributed by atoms with van der Waals surface area (Å²) in [5.74, 6) is -1.27. The van der Waals surface area contributed by atoms with Gasteiger partial charge in [-0.25, -0.2) is 0 Å². The first kappa shape index (κ1) is 21.3. The number of esters is 2. The third kappa shape index (κ3) is 6.92. The Morgan fingerprint density at radius 1 is 1.00 bits per heavy atom. The van der Waals surface area contributed by atoms with Crippen LogP contribution in [0.5, 0.6) is 0 Å². The van der Waals surface area contributed by atoms with E-state index in [0.29, 0.717) is 0 Å². The van der Waals surface area contributed by atoms with Gasteiger partial charge >= 0.3 is 11.9 Å². The molecule has 0 aromatic carbocycles. The number of methoxy groups -OCH3 is 3. The number of ether oxygens (including phenoxy) is 5. The number of aliphatic hydroxyl groups is 1. The van der Waals surface area contributed by atoms with Crippen LogP contribution in [0.2, 0.25) is 0 Å². The summed E-state index contributed by atoms with van der Waals surface area (Å²) in [7, 11) is 3.94. The summed E-state index contributed by atoms with van der Waals surface area (Å²) in [5, 5.41) is 18.7. The molecule has 0 aliphatic carbocycles. The van der Waals surface area contributed by atoms with Crippen LogP contribution in [0.3, 0.4) is 0 Å². The second kappa shape index (κ2) is 10.9. The molecule has 9 heteroatoms. The third-order valence-corrected chi connectivity index (χ3v) is 2.95. The summed E-state index contributed by atoms with van der Waals surface area (Å²) in [6, 6.07) is 1.61. The van der Waals surface area contributed by atoms with Gasteiger partial charge in [-0.1, -0.05) is 0 Å². The lowest BCUT2D eigenvalue weighted by atomic mass is 9.99. The minimum atomic E-state index is -1.58. The Hall–Kier alpha value is -1.73. The molecule has 0 aliphatic heterocycles. The number of hydrogen-bond acceptors (Lipinski definition) is 9. The molecule has 1 N–H and O–H groups in total. The summed E-state index contributed by atoms with van der Waals surface area (Å²) in [4.78, 5) is 22.6. The van der Waals surface area contributed by atoms with E-state index in [0.717, 1.165) is 6.92 Å². The van der Waals surface area contributed by atoms with Crippen LogP contribution < -0.4 is 0 Å². The maximum Gasteiger partial charge on any atom is 0.303 e. The summed E-state index contributed by atoms with van der Waals surface area (Å²) in [6.45, 7) is 2.31. The van der Waals surface area contributed by atoms with Crippen LogP contribution in [0.4, 0.5) is 0 Å². The van der Waals surface area contributed by atoms with E-state index in [-0.39, 0.29) is 6.61 Å². The molecule has 0 fully saturated rings. The Morgan fingerprint density at radius 2 is 1.52 bits per heavy atom. The van der Waals surface area contributed by atoms with Gasteiger partial charge in [0.2, 0.25) is 0 Å². The minimum absolute atomic E-state index is 0.0467. The second-order valence-electron chi connectivity index (χ2n) is 4.65. The van der Waals surface area contributed by atoms with Gasteiger partial charge in [0, 0.05) is 35.2 Å². The molecular formula is C14H23NO8. The van der Waals surface area contributed by atoms with Crippen molar-refractivity contribution in [3.05, 3.63) is 0 Å².